The molecule has 1 unspecified atom stereocenters. The van der Waals surface area contributed by atoms with Gasteiger partial charge in [0.15, 0.2) is 0 Å². The molecule has 0 spiro atoms. The number of aromatic amines is 1. The molecule has 2 heterocycles. The first-order valence-corrected chi connectivity index (χ1v) is 5.29. The third-order valence-electron chi connectivity index (χ3n) is 2.77. The minimum atomic E-state index is -1.23. The summed E-state index contributed by atoms with van der Waals surface area (Å²) in [4.78, 5) is 47.3. The maximum atomic E-state index is 11.6. The van der Waals surface area contributed by atoms with E-state index in [2.05, 4.69) is 10.3 Å². The first kappa shape index (κ1) is 12.0. The lowest BCUT2D eigenvalue weighted by Gasteiger charge is -2.21. The number of rotatable bonds is 2. The second-order valence-corrected chi connectivity index (χ2v) is 3.96. The largest absolute Gasteiger partial charge is 0.478 e. The van der Waals surface area contributed by atoms with Crippen LogP contribution in [0.2, 0.25) is 0 Å². The SMILES string of the molecule is O=C1CCC(c2[nH]c(=O)ccc2C(=O)O)C(=O)N1. The molecule has 2 rings (SSSR count). The molecule has 1 atom stereocenters. The van der Waals surface area contributed by atoms with E-state index in [0.29, 0.717) is 0 Å². The number of amides is 2. The van der Waals surface area contributed by atoms with Gasteiger partial charge in [0.1, 0.15) is 0 Å². The number of carbonyl (C=O) groups is 3. The van der Waals surface area contributed by atoms with E-state index in [4.69, 9.17) is 5.11 Å². The molecule has 1 aliphatic heterocycles. The summed E-state index contributed by atoms with van der Waals surface area (Å²) in [7, 11) is 0. The van der Waals surface area contributed by atoms with Crippen LogP contribution in [0.1, 0.15) is 34.8 Å². The van der Waals surface area contributed by atoms with Gasteiger partial charge in [-0.3, -0.25) is 19.7 Å². The van der Waals surface area contributed by atoms with E-state index in [-0.39, 0.29) is 24.1 Å². The van der Waals surface area contributed by atoms with Gasteiger partial charge in [-0.2, -0.15) is 0 Å². The van der Waals surface area contributed by atoms with E-state index in [1.54, 1.807) is 0 Å². The highest BCUT2D eigenvalue weighted by Gasteiger charge is 2.31. The Kier molecular flexibility index (Phi) is 2.97. The monoisotopic (exact) mass is 250 g/mol. The Morgan fingerprint density at radius 2 is 2.00 bits per heavy atom. The number of aromatic nitrogens is 1. The number of pyridine rings is 1. The van der Waals surface area contributed by atoms with Crippen molar-refractivity contribution in [1.29, 1.82) is 0 Å². The van der Waals surface area contributed by atoms with E-state index in [9.17, 15) is 19.2 Å². The maximum absolute atomic E-state index is 11.6. The zero-order chi connectivity index (χ0) is 13.3. The number of carbonyl (C=O) groups excluding carboxylic acids is 2. The molecule has 3 N–H and O–H groups in total. The molecule has 94 valence electrons. The molecule has 7 heteroatoms. The van der Waals surface area contributed by atoms with Crippen LogP contribution >= 0.6 is 0 Å². The predicted octanol–water partition coefficient (Wildman–Crippen LogP) is -0.407. The van der Waals surface area contributed by atoms with Gasteiger partial charge >= 0.3 is 5.97 Å². The van der Waals surface area contributed by atoms with Crippen molar-refractivity contribution in [3.8, 4) is 0 Å². The van der Waals surface area contributed by atoms with E-state index in [1.807, 2.05) is 0 Å². The second kappa shape index (κ2) is 4.44. The highest BCUT2D eigenvalue weighted by Crippen LogP contribution is 2.25. The van der Waals surface area contributed by atoms with Crippen LogP contribution in [0.15, 0.2) is 16.9 Å². The Bertz CT molecular complexity index is 589. The molecule has 0 aromatic carbocycles. The average Bonchev–Trinajstić information content (AvgIpc) is 2.28. The van der Waals surface area contributed by atoms with Gasteiger partial charge in [0.25, 0.3) is 0 Å². The molecule has 0 bridgehead atoms. The Hall–Kier alpha value is -2.44. The summed E-state index contributed by atoms with van der Waals surface area (Å²) in [5, 5.41) is 11.1. The molecule has 1 aromatic heterocycles. The second-order valence-electron chi connectivity index (χ2n) is 3.96. The van der Waals surface area contributed by atoms with Crippen molar-refractivity contribution in [2.24, 2.45) is 0 Å². The molecule has 0 radical (unpaired) electrons. The molecule has 0 saturated carbocycles. The first-order chi connectivity index (χ1) is 8.49. The van der Waals surface area contributed by atoms with Crippen molar-refractivity contribution in [2.45, 2.75) is 18.8 Å². The predicted molar refractivity (Wildman–Crippen MR) is 59.1 cm³/mol. The van der Waals surface area contributed by atoms with E-state index >= 15 is 0 Å². The summed E-state index contributed by atoms with van der Waals surface area (Å²) in [6.07, 6.45) is 0.303. The van der Waals surface area contributed by atoms with Crippen molar-refractivity contribution in [1.82, 2.24) is 10.3 Å². The summed E-state index contributed by atoms with van der Waals surface area (Å²) in [6, 6.07) is 2.24. The fraction of sp³-hybridized carbons (Fsp3) is 0.273. The lowest BCUT2D eigenvalue weighted by Crippen LogP contribution is -2.40. The number of carboxylic acid groups (broad SMARTS) is 1. The molecule has 7 nitrogen and oxygen atoms in total. The van der Waals surface area contributed by atoms with Gasteiger partial charge in [0.2, 0.25) is 17.4 Å². The summed E-state index contributed by atoms with van der Waals surface area (Å²) < 4.78 is 0. The quantitative estimate of drug-likeness (QED) is 0.617. The summed E-state index contributed by atoms with van der Waals surface area (Å²) in [5.41, 5.74) is -0.580. The fourth-order valence-corrected chi connectivity index (χ4v) is 1.92. The lowest BCUT2D eigenvalue weighted by molar-refractivity contribution is -0.134. The third-order valence-corrected chi connectivity index (χ3v) is 2.77. The van der Waals surface area contributed by atoms with Crippen LogP contribution in [0.4, 0.5) is 0 Å². The summed E-state index contributed by atoms with van der Waals surface area (Å²) >= 11 is 0. The molecule has 1 fully saturated rings. The van der Waals surface area contributed by atoms with Crippen molar-refractivity contribution in [2.75, 3.05) is 0 Å². The molecule has 1 aromatic rings. The average molecular weight is 250 g/mol. The van der Waals surface area contributed by atoms with Crippen molar-refractivity contribution in [3.63, 3.8) is 0 Å². The minimum Gasteiger partial charge on any atom is -0.478 e. The van der Waals surface area contributed by atoms with Gasteiger partial charge in [-0.25, -0.2) is 4.79 Å². The third kappa shape index (κ3) is 2.15. The van der Waals surface area contributed by atoms with Gasteiger partial charge in [0, 0.05) is 18.2 Å². The molecule has 2 amide bonds. The lowest BCUT2D eigenvalue weighted by atomic mass is 9.91. The number of nitrogens with one attached hydrogen (secondary N) is 2. The van der Waals surface area contributed by atoms with Crippen molar-refractivity contribution in [3.05, 3.63) is 33.7 Å². The van der Waals surface area contributed by atoms with Crippen LogP contribution in [0.5, 0.6) is 0 Å². The molecule has 1 saturated heterocycles. The minimum absolute atomic E-state index is 0.0417. The van der Waals surface area contributed by atoms with Crippen molar-refractivity contribution < 1.29 is 19.5 Å². The zero-order valence-electron chi connectivity index (χ0n) is 9.23. The molecule has 0 aliphatic carbocycles. The Morgan fingerprint density at radius 3 is 2.61 bits per heavy atom. The first-order valence-electron chi connectivity index (χ1n) is 5.29. The van der Waals surface area contributed by atoms with E-state index < -0.39 is 29.3 Å². The van der Waals surface area contributed by atoms with Crippen LogP contribution in [-0.4, -0.2) is 27.9 Å². The number of aromatic carboxylic acids is 1. The highest BCUT2D eigenvalue weighted by molar-refractivity contribution is 6.02. The van der Waals surface area contributed by atoms with Crippen LogP contribution < -0.4 is 10.9 Å². The number of H-pyrrole nitrogens is 1. The standard InChI is InChI=1S/C11H10N2O5/c14-7-4-2-6(11(17)18)9(12-7)5-1-3-8(15)13-10(5)16/h2,4-5H,1,3H2,(H,12,14)(H,17,18)(H,13,15,16). The van der Waals surface area contributed by atoms with E-state index in [1.165, 1.54) is 0 Å². The number of hydrogen-bond acceptors (Lipinski definition) is 4. The molecular formula is C11H10N2O5. The summed E-state index contributed by atoms with van der Waals surface area (Å²) in [6.45, 7) is 0. The summed E-state index contributed by atoms with van der Waals surface area (Å²) in [5.74, 6) is -3.03. The normalized spacial score (nSPS) is 19.4. The smallest absolute Gasteiger partial charge is 0.337 e. The topological polar surface area (TPSA) is 116 Å². The zero-order valence-corrected chi connectivity index (χ0v) is 9.23. The fourth-order valence-electron chi connectivity index (χ4n) is 1.92. The van der Waals surface area contributed by atoms with Gasteiger partial charge in [-0.1, -0.05) is 0 Å². The number of imide groups is 1. The van der Waals surface area contributed by atoms with Crippen LogP contribution in [0, 0.1) is 0 Å². The number of carboxylic acids is 1. The van der Waals surface area contributed by atoms with Gasteiger partial charge < -0.3 is 10.1 Å². The van der Waals surface area contributed by atoms with Gasteiger partial charge in [-0.15, -0.1) is 0 Å². The van der Waals surface area contributed by atoms with Gasteiger partial charge in [-0.05, 0) is 12.5 Å². The van der Waals surface area contributed by atoms with Crippen LogP contribution in [0.3, 0.4) is 0 Å². The Morgan fingerprint density at radius 1 is 1.28 bits per heavy atom. The van der Waals surface area contributed by atoms with Crippen LogP contribution in [-0.2, 0) is 9.59 Å². The Balaban J connectivity index is 2.46. The molecule has 18 heavy (non-hydrogen) atoms. The number of hydrogen-bond donors (Lipinski definition) is 3. The van der Waals surface area contributed by atoms with E-state index in [0.717, 1.165) is 12.1 Å². The Labute approximate surface area is 101 Å². The molecular weight excluding hydrogens is 240 g/mol. The van der Waals surface area contributed by atoms with Crippen LogP contribution in [0.25, 0.3) is 0 Å². The number of piperidine rings is 1. The van der Waals surface area contributed by atoms with Gasteiger partial charge in [0.05, 0.1) is 11.5 Å². The molecule has 1 aliphatic rings. The van der Waals surface area contributed by atoms with Crippen molar-refractivity contribution >= 4 is 17.8 Å². The highest BCUT2D eigenvalue weighted by atomic mass is 16.4. The maximum Gasteiger partial charge on any atom is 0.337 e.